The summed E-state index contributed by atoms with van der Waals surface area (Å²) in [5.41, 5.74) is -1.05. The van der Waals surface area contributed by atoms with Gasteiger partial charge in [0.05, 0.1) is 11.6 Å². The number of nitrogens with zero attached hydrogens (tertiary/aromatic N) is 1. The summed E-state index contributed by atoms with van der Waals surface area (Å²) in [5, 5.41) is 12.6. The fourth-order valence-electron chi connectivity index (χ4n) is 2.10. The van der Waals surface area contributed by atoms with Gasteiger partial charge in [-0.15, -0.1) is 11.3 Å². The third-order valence-electron chi connectivity index (χ3n) is 3.55. The molecule has 0 aliphatic heterocycles. The van der Waals surface area contributed by atoms with Crippen molar-refractivity contribution in [1.82, 2.24) is 5.32 Å². The summed E-state index contributed by atoms with van der Waals surface area (Å²) in [5.74, 6) is -0.939. The SMILES string of the molecule is CC(Oc1csc(C(F)(F)F)c1)C(C#N)NC(=O)c1ccc(C(F)(F)F)cc1. The lowest BCUT2D eigenvalue weighted by molar-refractivity contribution is -0.137. The first kappa shape index (κ1) is 21.6. The van der Waals surface area contributed by atoms with E-state index in [2.05, 4.69) is 5.32 Å². The van der Waals surface area contributed by atoms with Crippen molar-refractivity contribution in [2.24, 2.45) is 0 Å². The number of amides is 1. The van der Waals surface area contributed by atoms with E-state index >= 15 is 0 Å². The molecule has 0 fully saturated rings. The standard InChI is InChI=1S/C17H12F6N2O2S/c1-9(27-12-6-14(28-8-12)17(21,22)23)13(7-24)25-15(26)10-2-4-11(5-3-10)16(18,19)20/h2-6,8-9,13H,1H3,(H,25,26). The highest BCUT2D eigenvalue weighted by Gasteiger charge is 2.33. The third kappa shape index (κ3) is 5.39. The van der Waals surface area contributed by atoms with Crippen molar-refractivity contribution in [3.05, 3.63) is 51.7 Å². The molecule has 0 aliphatic rings. The molecule has 1 heterocycles. The zero-order valence-electron chi connectivity index (χ0n) is 14.1. The fourth-order valence-corrected chi connectivity index (χ4v) is 2.79. The zero-order valence-corrected chi connectivity index (χ0v) is 14.9. The molecule has 0 aliphatic carbocycles. The molecule has 2 aromatic rings. The zero-order chi connectivity index (χ0) is 21.1. The van der Waals surface area contributed by atoms with E-state index in [1.54, 1.807) is 6.07 Å². The van der Waals surface area contributed by atoms with E-state index in [4.69, 9.17) is 4.74 Å². The minimum atomic E-state index is -4.55. The predicted octanol–water partition coefficient (Wildman–Crippen LogP) is 4.88. The quantitative estimate of drug-likeness (QED) is 0.699. The van der Waals surface area contributed by atoms with Crippen molar-refractivity contribution >= 4 is 17.2 Å². The van der Waals surface area contributed by atoms with E-state index in [0.717, 1.165) is 35.7 Å². The Bertz CT molecular complexity index is 867. The lowest BCUT2D eigenvalue weighted by Gasteiger charge is -2.20. The Balaban J connectivity index is 2.03. The molecule has 28 heavy (non-hydrogen) atoms. The van der Waals surface area contributed by atoms with Crippen LogP contribution in [0, 0.1) is 11.3 Å². The number of nitrogens with one attached hydrogen (secondary N) is 1. The number of hydrogen-bond donors (Lipinski definition) is 1. The van der Waals surface area contributed by atoms with Gasteiger partial charge in [-0.1, -0.05) is 0 Å². The van der Waals surface area contributed by atoms with Crippen LogP contribution in [0.2, 0.25) is 0 Å². The molecule has 0 spiro atoms. The number of rotatable bonds is 5. The van der Waals surface area contributed by atoms with Gasteiger partial charge in [-0.25, -0.2) is 0 Å². The van der Waals surface area contributed by atoms with Crippen molar-refractivity contribution in [3.8, 4) is 11.8 Å². The summed E-state index contributed by atoms with van der Waals surface area (Å²) in [4.78, 5) is 11.2. The molecule has 2 unspecified atom stereocenters. The van der Waals surface area contributed by atoms with Crippen LogP contribution in [-0.2, 0) is 12.4 Å². The lowest BCUT2D eigenvalue weighted by atomic mass is 10.1. The van der Waals surface area contributed by atoms with Crippen molar-refractivity contribution in [2.45, 2.75) is 31.4 Å². The normalized spacial score (nSPS) is 14.1. The number of benzene rings is 1. The second-order valence-electron chi connectivity index (χ2n) is 5.62. The number of carbonyl (C=O) groups is 1. The molecule has 2 atom stereocenters. The minimum absolute atomic E-state index is 0.115. The number of alkyl halides is 6. The van der Waals surface area contributed by atoms with Gasteiger partial charge in [0.25, 0.3) is 5.91 Å². The maximum Gasteiger partial charge on any atom is 0.425 e. The Morgan fingerprint density at radius 3 is 2.21 bits per heavy atom. The Hall–Kier alpha value is -2.74. The van der Waals surface area contributed by atoms with E-state index in [9.17, 15) is 36.4 Å². The molecule has 0 saturated heterocycles. The van der Waals surface area contributed by atoms with Crippen molar-refractivity contribution in [2.75, 3.05) is 0 Å². The largest absolute Gasteiger partial charge is 0.487 e. The molecule has 150 valence electrons. The molecule has 1 aromatic carbocycles. The van der Waals surface area contributed by atoms with Gasteiger partial charge >= 0.3 is 12.4 Å². The second kappa shape index (κ2) is 8.10. The monoisotopic (exact) mass is 422 g/mol. The summed E-state index contributed by atoms with van der Waals surface area (Å²) in [7, 11) is 0. The van der Waals surface area contributed by atoms with Crippen LogP contribution < -0.4 is 10.1 Å². The first-order valence-corrected chi connectivity index (χ1v) is 8.50. The first-order chi connectivity index (χ1) is 12.9. The highest BCUT2D eigenvalue weighted by molar-refractivity contribution is 7.10. The van der Waals surface area contributed by atoms with Gasteiger partial charge in [-0.05, 0) is 31.2 Å². The van der Waals surface area contributed by atoms with Crippen LogP contribution in [0.25, 0.3) is 0 Å². The number of carbonyl (C=O) groups excluding carboxylic acids is 1. The third-order valence-corrected chi connectivity index (χ3v) is 4.50. The molecule has 11 heteroatoms. The van der Waals surface area contributed by atoms with Crippen LogP contribution in [0.15, 0.2) is 35.7 Å². The predicted molar refractivity (Wildman–Crippen MR) is 87.7 cm³/mol. The van der Waals surface area contributed by atoms with Crippen LogP contribution in [-0.4, -0.2) is 18.1 Å². The van der Waals surface area contributed by atoms with Gasteiger partial charge in [-0.3, -0.25) is 4.79 Å². The first-order valence-electron chi connectivity index (χ1n) is 7.62. The summed E-state index contributed by atoms with van der Waals surface area (Å²) in [6.45, 7) is 1.37. The number of thiophene rings is 1. The van der Waals surface area contributed by atoms with E-state index in [1.165, 1.54) is 6.92 Å². The summed E-state index contributed by atoms with van der Waals surface area (Å²) in [6, 6.07) is 4.61. The number of nitriles is 1. The van der Waals surface area contributed by atoms with Crippen molar-refractivity contribution in [3.63, 3.8) is 0 Å². The molecule has 0 bridgehead atoms. The molecule has 1 aromatic heterocycles. The molecule has 1 N–H and O–H groups in total. The van der Waals surface area contributed by atoms with E-state index in [0.29, 0.717) is 11.3 Å². The van der Waals surface area contributed by atoms with E-state index in [1.807, 2.05) is 0 Å². The van der Waals surface area contributed by atoms with Gasteiger partial charge in [0, 0.05) is 17.0 Å². The molecule has 0 saturated carbocycles. The maximum absolute atomic E-state index is 12.6. The summed E-state index contributed by atoms with van der Waals surface area (Å²) >= 11 is 0.420. The molecule has 2 rings (SSSR count). The lowest BCUT2D eigenvalue weighted by Crippen LogP contribution is -2.43. The molecule has 0 radical (unpaired) electrons. The molecular formula is C17H12F6N2O2S. The Morgan fingerprint density at radius 1 is 1.14 bits per heavy atom. The highest BCUT2D eigenvalue weighted by atomic mass is 32.1. The smallest absolute Gasteiger partial charge is 0.425 e. The Morgan fingerprint density at radius 2 is 1.75 bits per heavy atom. The summed E-state index contributed by atoms with van der Waals surface area (Å²) < 4.78 is 80.7. The Kier molecular flexibility index (Phi) is 6.23. The van der Waals surface area contributed by atoms with Crippen molar-refractivity contribution < 1.29 is 35.9 Å². The van der Waals surface area contributed by atoms with Gasteiger partial charge < -0.3 is 10.1 Å². The van der Waals surface area contributed by atoms with Crippen LogP contribution in [0.4, 0.5) is 26.3 Å². The number of halogens is 6. The molecule has 1 amide bonds. The average Bonchev–Trinajstić information content (AvgIpc) is 3.07. The summed E-state index contributed by atoms with van der Waals surface area (Å²) in [6.07, 6.45) is -10.1. The Labute approximate surface area is 159 Å². The maximum atomic E-state index is 12.6. The van der Waals surface area contributed by atoms with Gasteiger partial charge in [-0.2, -0.15) is 31.6 Å². The highest BCUT2D eigenvalue weighted by Crippen LogP contribution is 2.36. The van der Waals surface area contributed by atoms with Crippen LogP contribution in [0.5, 0.6) is 5.75 Å². The van der Waals surface area contributed by atoms with Gasteiger partial charge in [0.2, 0.25) is 0 Å². The van der Waals surface area contributed by atoms with E-state index in [-0.39, 0.29) is 11.3 Å². The second-order valence-corrected chi connectivity index (χ2v) is 6.53. The van der Waals surface area contributed by atoms with Gasteiger partial charge in [0.15, 0.2) is 6.04 Å². The van der Waals surface area contributed by atoms with Crippen LogP contribution >= 0.6 is 11.3 Å². The van der Waals surface area contributed by atoms with Crippen molar-refractivity contribution in [1.29, 1.82) is 5.26 Å². The molecular weight excluding hydrogens is 410 g/mol. The van der Waals surface area contributed by atoms with Gasteiger partial charge in [0.1, 0.15) is 16.7 Å². The fraction of sp³-hybridized carbons (Fsp3) is 0.294. The number of hydrogen-bond acceptors (Lipinski definition) is 4. The van der Waals surface area contributed by atoms with Crippen LogP contribution in [0.1, 0.15) is 27.7 Å². The van der Waals surface area contributed by atoms with Crippen LogP contribution in [0.3, 0.4) is 0 Å². The molecule has 4 nitrogen and oxygen atoms in total. The topological polar surface area (TPSA) is 62.1 Å². The number of ether oxygens (including phenoxy) is 1. The minimum Gasteiger partial charge on any atom is -0.487 e. The van der Waals surface area contributed by atoms with E-state index < -0.39 is 40.8 Å². The average molecular weight is 422 g/mol.